The molecular formula is C12H11F2NO4. The van der Waals surface area contributed by atoms with Gasteiger partial charge in [-0.25, -0.2) is 4.79 Å². The SMILES string of the molecule is CCOC(=O)c1cc(C#N)c(OC(F)F)cc1OC. The summed E-state index contributed by atoms with van der Waals surface area (Å²) in [5.41, 5.74) is -0.230. The molecule has 5 nitrogen and oxygen atoms in total. The maximum absolute atomic E-state index is 12.2. The standard InChI is InChI=1S/C12H11F2NO4/c1-3-18-11(16)8-4-7(6-15)9(19-12(13)14)5-10(8)17-2/h4-5,12H,3H2,1-2H3. The summed E-state index contributed by atoms with van der Waals surface area (Å²) in [6.45, 7) is -1.33. The predicted molar refractivity (Wildman–Crippen MR) is 60.3 cm³/mol. The van der Waals surface area contributed by atoms with Crippen molar-refractivity contribution >= 4 is 5.97 Å². The van der Waals surface area contributed by atoms with Crippen LogP contribution < -0.4 is 9.47 Å². The summed E-state index contributed by atoms with van der Waals surface area (Å²) in [5.74, 6) is -1.07. The predicted octanol–water partition coefficient (Wildman–Crippen LogP) is 2.34. The zero-order valence-corrected chi connectivity index (χ0v) is 10.3. The van der Waals surface area contributed by atoms with E-state index in [2.05, 4.69) is 4.74 Å². The van der Waals surface area contributed by atoms with Crippen molar-refractivity contribution in [1.82, 2.24) is 0 Å². The van der Waals surface area contributed by atoms with Gasteiger partial charge in [-0.3, -0.25) is 0 Å². The van der Waals surface area contributed by atoms with Crippen LogP contribution in [0.25, 0.3) is 0 Å². The van der Waals surface area contributed by atoms with Crippen LogP contribution in [-0.2, 0) is 4.74 Å². The van der Waals surface area contributed by atoms with Gasteiger partial charge in [-0.2, -0.15) is 14.0 Å². The number of halogens is 2. The molecule has 0 spiro atoms. The summed E-state index contributed by atoms with van der Waals surface area (Å²) >= 11 is 0. The van der Waals surface area contributed by atoms with E-state index >= 15 is 0 Å². The molecule has 1 rings (SSSR count). The van der Waals surface area contributed by atoms with Gasteiger partial charge in [-0.15, -0.1) is 0 Å². The van der Waals surface area contributed by atoms with Gasteiger partial charge >= 0.3 is 12.6 Å². The highest BCUT2D eigenvalue weighted by molar-refractivity contribution is 5.93. The molecule has 0 unspecified atom stereocenters. The minimum atomic E-state index is -3.08. The third-order valence-corrected chi connectivity index (χ3v) is 2.13. The summed E-state index contributed by atoms with van der Waals surface area (Å²) in [4.78, 5) is 11.6. The van der Waals surface area contributed by atoms with Crippen LogP contribution in [0.5, 0.6) is 11.5 Å². The van der Waals surface area contributed by atoms with Crippen molar-refractivity contribution in [3.05, 3.63) is 23.3 Å². The topological polar surface area (TPSA) is 68.6 Å². The van der Waals surface area contributed by atoms with Crippen LogP contribution in [-0.4, -0.2) is 26.3 Å². The maximum Gasteiger partial charge on any atom is 0.387 e. The normalized spacial score (nSPS) is 9.89. The Kier molecular flexibility index (Phi) is 5.06. The molecule has 0 saturated heterocycles. The van der Waals surface area contributed by atoms with E-state index < -0.39 is 12.6 Å². The summed E-state index contributed by atoms with van der Waals surface area (Å²) in [7, 11) is 1.26. The van der Waals surface area contributed by atoms with E-state index in [1.807, 2.05) is 0 Å². The number of alkyl halides is 2. The van der Waals surface area contributed by atoms with Gasteiger partial charge in [-0.05, 0) is 13.0 Å². The number of ether oxygens (including phenoxy) is 3. The van der Waals surface area contributed by atoms with Gasteiger partial charge < -0.3 is 14.2 Å². The second-order valence-corrected chi connectivity index (χ2v) is 3.26. The largest absolute Gasteiger partial charge is 0.496 e. The molecule has 0 saturated carbocycles. The van der Waals surface area contributed by atoms with Crippen LogP contribution in [0.15, 0.2) is 12.1 Å². The molecular weight excluding hydrogens is 260 g/mol. The molecule has 0 radical (unpaired) electrons. The first kappa shape index (κ1) is 14.7. The lowest BCUT2D eigenvalue weighted by atomic mass is 10.1. The molecule has 0 amide bonds. The van der Waals surface area contributed by atoms with Crippen molar-refractivity contribution in [3.8, 4) is 17.6 Å². The number of esters is 1. The second-order valence-electron chi connectivity index (χ2n) is 3.26. The van der Waals surface area contributed by atoms with Crippen molar-refractivity contribution in [1.29, 1.82) is 5.26 Å². The first-order valence-corrected chi connectivity index (χ1v) is 5.27. The monoisotopic (exact) mass is 271 g/mol. The highest BCUT2D eigenvalue weighted by Crippen LogP contribution is 2.30. The summed E-state index contributed by atoms with van der Waals surface area (Å²) in [6, 6.07) is 3.81. The fourth-order valence-electron chi connectivity index (χ4n) is 1.38. The Bertz CT molecular complexity index is 511. The van der Waals surface area contributed by atoms with Crippen LogP contribution in [0.2, 0.25) is 0 Å². The molecule has 19 heavy (non-hydrogen) atoms. The van der Waals surface area contributed by atoms with E-state index in [0.29, 0.717) is 0 Å². The molecule has 0 aliphatic heterocycles. The number of carbonyl (C=O) groups is 1. The Labute approximate surface area is 108 Å². The van der Waals surface area contributed by atoms with E-state index in [1.54, 1.807) is 13.0 Å². The molecule has 0 heterocycles. The zero-order valence-electron chi connectivity index (χ0n) is 10.3. The third-order valence-electron chi connectivity index (χ3n) is 2.13. The second kappa shape index (κ2) is 6.54. The number of rotatable bonds is 5. The molecule has 0 aliphatic rings. The average molecular weight is 271 g/mol. The first-order valence-electron chi connectivity index (χ1n) is 5.27. The van der Waals surface area contributed by atoms with E-state index in [9.17, 15) is 13.6 Å². The minimum Gasteiger partial charge on any atom is -0.496 e. The Hall–Kier alpha value is -2.36. The molecule has 0 aromatic heterocycles. The molecule has 1 aromatic rings. The van der Waals surface area contributed by atoms with E-state index in [4.69, 9.17) is 14.7 Å². The highest BCUT2D eigenvalue weighted by atomic mass is 19.3. The van der Waals surface area contributed by atoms with E-state index in [0.717, 1.165) is 12.1 Å². The van der Waals surface area contributed by atoms with Gasteiger partial charge in [0.2, 0.25) is 0 Å². The van der Waals surface area contributed by atoms with E-state index in [1.165, 1.54) is 7.11 Å². The van der Waals surface area contributed by atoms with Gasteiger partial charge in [0, 0.05) is 6.07 Å². The molecule has 102 valence electrons. The number of nitriles is 1. The number of benzene rings is 1. The van der Waals surface area contributed by atoms with Crippen LogP contribution in [0, 0.1) is 11.3 Å². The number of methoxy groups -OCH3 is 1. The van der Waals surface area contributed by atoms with Crippen molar-refractivity contribution < 1.29 is 27.8 Å². The zero-order chi connectivity index (χ0) is 14.4. The van der Waals surface area contributed by atoms with E-state index in [-0.39, 0.29) is 29.2 Å². The highest BCUT2D eigenvalue weighted by Gasteiger charge is 2.19. The Morgan fingerprint density at radius 1 is 1.42 bits per heavy atom. The lowest BCUT2D eigenvalue weighted by Crippen LogP contribution is -2.09. The Morgan fingerprint density at radius 2 is 2.11 bits per heavy atom. The number of hydrogen-bond acceptors (Lipinski definition) is 5. The lowest BCUT2D eigenvalue weighted by molar-refractivity contribution is -0.0501. The van der Waals surface area contributed by atoms with Crippen molar-refractivity contribution in [3.63, 3.8) is 0 Å². The summed E-state index contributed by atoms with van der Waals surface area (Å²) in [6.07, 6.45) is 0. The number of hydrogen-bond donors (Lipinski definition) is 0. The van der Waals surface area contributed by atoms with Crippen molar-refractivity contribution in [2.24, 2.45) is 0 Å². The van der Waals surface area contributed by atoms with Gasteiger partial charge in [0.1, 0.15) is 23.1 Å². The summed E-state index contributed by atoms with van der Waals surface area (Å²) in [5, 5.41) is 8.86. The van der Waals surface area contributed by atoms with Gasteiger partial charge in [-0.1, -0.05) is 0 Å². The van der Waals surface area contributed by atoms with Crippen molar-refractivity contribution in [2.45, 2.75) is 13.5 Å². The average Bonchev–Trinajstić information content (AvgIpc) is 2.37. The molecule has 0 atom stereocenters. The molecule has 1 aromatic carbocycles. The Balaban J connectivity index is 3.27. The van der Waals surface area contributed by atoms with Crippen LogP contribution in [0.4, 0.5) is 8.78 Å². The molecule has 0 bridgehead atoms. The minimum absolute atomic E-state index is 0.00639. The van der Waals surface area contributed by atoms with Crippen LogP contribution >= 0.6 is 0 Å². The van der Waals surface area contributed by atoms with Crippen LogP contribution in [0.1, 0.15) is 22.8 Å². The smallest absolute Gasteiger partial charge is 0.387 e. The van der Waals surface area contributed by atoms with Gasteiger partial charge in [0.05, 0.1) is 19.3 Å². The Morgan fingerprint density at radius 3 is 2.58 bits per heavy atom. The fourth-order valence-corrected chi connectivity index (χ4v) is 1.38. The quantitative estimate of drug-likeness (QED) is 0.769. The molecule has 0 N–H and O–H groups in total. The molecule has 7 heteroatoms. The third kappa shape index (κ3) is 3.55. The lowest BCUT2D eigenvalue weighted by Gasteiger charge is -2.12. The first-order chi connectivity index (χ1) is 9.03. The number of nitrogens with zero attached hydrogens (tertiary/aromatic N) is 1. The molecule has 0 aliphatic carbocycles. The fraction of sp³-hybridized carbons (Fsp3) is 0.333. The van der Waals surface area contributed by atoms with Crippen LogP contribution in [0.3, 0.4) is 0 Å². The molecule has 0 fully saturated rings. The summed E-state index contributed by atoms with van der Waals surface area (Å²) < 4.78 is 38.2. The maximum atomic E-state index is 12.2. The van der Waals surface area contributed by atoms with Crippen molar-refractivity contribution in [2.75, 3.05) is 13.7 Å². The van der Waals surface area contributed by atoms with Gasteiger partial charge in [0.25, 0.3) is 0 Å². The number of carbonyl (C=O) groups excluding carboxylic acids is 1. The van der Waals surface area contributed by atoms with Gasteiger partial charge in [0.15, 0.2) is 0 Å².